The summed E-state index contributed by atoms with van der Waals surface area (Å²) in [7, 11) is 8.50. The van der Waals surface area contributed by atoms with Gasteiger partial charge in [-0.3, -0.25) is 14.4 Å². The SMILES string of the molecule is CCCCN(CCCC)C(N(C)C)=[N+](C)C. The molecule has 0 spiro atoms. The third-order valence-electron chi connectivity index (χ3n) is 2.65. The van der Waals surface area contributed by atoms with Crippen molar-refractivity contribution in [1.82, 2.24) is 9.80 Å². The van der Waals surface area contributed by atoms with Crippen molar-refractivity contribution in [3.8, 4) is 0 Å². The molecule has 96 valence electrons. The van der Waals surface area contributed by atoms with E-state index in [2.05, 4.69) is 56.4 Å². The summed E-state index contributed by atoms with van der Waals surface area (Å²) in [6.45, 7) is 6.84. The standard InChI is InChI=1S/C13H30N3/c1-7-9-11-16(12-10-8-2)13(14(3)4)15(5)6/h7-12H2,1-6H3/q+1. The average Bonchev–Trinajstić information content (AvgIpc) is 2.20. The Balaban J connectivity index is 4.62. The van der Waals surface area contributed by atoms with Crippen LogP contribution in [0, 0.1) is 0 Å². The maximum Gasteiger partial charge on any atom is 0.349 e. The van der Waals surface area contributed by atoms with Gasteiger partial charge in [0.05, 0.1) is 41.3 Å². The lowest BCUT2D eigenvalue weighted by atomic mass is 10.2. The zero-order valence-corrected chi connectivity index (χ0v) is 12.1. The molecule has 0 fully saturated rings. The highest BCUT2D eigenvalue weighted by molar-refractivity contribution is 5.74. The molecule has 0 bridgehead atoms. The number of guanidine groups is 1. The number of rotatable bonds is 6. The Morgan fingerprint density at radius 1 is 0.938 bits per heavy atom. The van der Waals surface area contributed by atoms with Gasteiger partial charge in [0.1, 0.15) is 0 Å². The van der Waals surface area contributed by atoms with Crippen molar-refractivity contribution >= 4 is 5.96 Å². The Labute approximate surface area is 102 Å². The van der Waals surface area contributed by atoms with Crippen LogP contribution in [-0.2, 0) is 0 Å². The molecule has 3 nitrogen and oxygen atoms in total. The first kappa shape index (κ1) is 15.3. The molecule has 16 heavy (non-hydrogen) atoms. The van der Waals surface area contributed by atoms with Crippen molar-refractivity contribution in [2.75, 3.05) is 41.3 Å². The van der Waals surface area contributed by atoms with Crippen molar-refractivity contribution in [2.24, 2.45) is 0 Å². The van der Waals surface area contributed by atoms with Gasteiger partial charge in [0.25, 0.3) is 0 Å². The molecule has 0 radical (unpaired) electrons. The van der Waals surface area contributed by atoms with E-state index in [1.807, 2.05) is 0 Å². The maximum atomic E-state index is 2.51. The Bertz CT molecular complexity index is 197. The van der Waals surface area contributed by atoms with Crippen LogP contribution in [-0.4, -0.2) is 61.6 Å². The number of nitrogens with zero attached hydrogens (tertiary/aromatic N) is 3. The van der Waals surface area contributed by atoms with Gasteiger partial charge in [0.2, 0.25) is 0 Å². The van der Waals surface area contributed by atoms with Gasteiger partial charge in [-0.2, -0.15) is 0 Å². The minimum Gasteiger partial charge on any atom is -0.270 e. The third-order valence-corrected chi connectivity index (χ3v) is 2.65. The molecule has 0 aromatic heterocycles. The second-order valence-electron chi connectivity index (χ2n) is 4.78. The summed E-state index contributed by atoms with van der Waals surface area (Å²) in [6.07, 6.45) is 5.07. The van der Waals surface area contributed by atoms with Crippen LogP contribution in [0.4, 0.5) is 0 Å². The average molecular weight is 228 g/mol. The second-order valence-corrected chi connectivity index (χ2v) is 4.78. The van der Waals surface area contributed by atoms with Gasteiger partial charge in [-0.25, -0.2) is 0 Å². The van der Waals surface area contributed by atoms with E-state index in [-0.39, 0.29) is 0 Å². The fourth-order valence-corrected chi connectivity index (χ4v) is 1.98. The molecule has 3 heteroatoms. The highest BCUT2D eigenvalue weighted by Crippen LogP contribution is 2.02. The Morgan fingerprint density at radius 2 is 1.38 bits per heavy atom. The van der Waals surface area contributed by atoms with E-state index in [0.29, 0.717) is 0 Å². The molecule has 0 N–H and O–H groups in total. The molecule has 0 unspecified atom stereocenters. The molecule has 0 aliphatic rings. The van der Waals surface area contributed by atoms with E-state index in [4.69, 9.17) is 0 Å². The number of hydrogen-bond acceptors (Lipinski definition) is 0. The first-order valence-corrected chi connectivity index (χ1v) is 6.51. The quantitative estimate of drug-likeness (QED) is 0.391. The lowest BCUT2D eigenvalue weighted by Crippen LogP contribution is -2.46. The predicted octanol–water partition coefficient (Wildman–Crippen LogP) is 2.08. The number of hydrogen-bond donors (Lipinski definition) is 0. The van der Waals surface area contributed by atoms with Crippen molar-refractivity contribution in [3.05, 3.63) is 0 Å². The Morgan fingerprint density at radius 3 is 1.62 bits per heavy atom. The van der Waals surface area contributed by atoms with Gasteiger partial charge in [0.15, 0.2) is 0 Å². The zero-order chi connectivity index (χ0) is 12.6. The molecule has 0 heterocycles. The van der Waals surface area contributed by atoms with Crippen LogP contribution in [0.25, 0.3) is 0 Å². The summed E-state index contributed by atoms with van der Waals surface area (Å²) in [5.41, 5.74) is 0. The molecule has 0 atom stereocenters. The Kier molecular flexibility index (Phi) is 8.04. The van der Waals surface area contributed by atoms with Gasteiger partial charge in [0, 0.05) is 0 Å². The van der Waals surface area contributed by atoms with E-state index in [1.54, 1.807) is 0 Å². The minimum absolute atomic E-state index is 1.17. The summed E-state index contributed by atoms with van der Waals surface area (Å²) in [4.78, 5) is 4.72. The third kappa shape index (κ3) is 5.38. The molecule has 0 aliphatic heterocycles. The molecule has 0 saturated carbocycles. The number of unbranched alkanes of at least 4 members (excludes halogenated alkanes) is 2. The van der Waals surface area contributed by atoms with E-state index >= 15 is 0 Å². The lowest BCUT2D eigenvalue weighted by Gasteiger charge is -2.24. The van der Waals surface area contributed by atoms with Crippen LogP contribution >= 0.6 is 0 Å². The van der Waals surface area contributed by atoms with Crippen LogP contribution in [0.15, 0.2) is 0 Å². The van der Waals surface area contributed by atoms with Crippen LogP contribution in [0.2, 0.25) is 0 Å². The normalized spacial score (nSPS) is 10.1. The molecular weight excluding hydrogens is 198 g/mol. The van der Waals surface area contributed by atoms with Gasteiger partial charge in [-0.15, -0.1) is 0 Å². The van der Waals surface area contributed by atoms with Crippen molar-refractivity contribution in [2.45, 2.75) is 39.5 Å². The highest BCUT2D eigenvalue weighted by Gasteiger charge is 2.20. The predicted molar refractivity (Wildman–Crippen MR) is 72.2 cm³/mol. The molecule has 0 aromatic rings. The molecule has 0 amide bonds. The van der Waals surface area contributed by atoms with Crippen molar-refractivity contribution in [1.29, 1.82) is 0 Å². The fourth-order valence-electron chi connectivity index (χ4n) is 1.98. The van der Waals surface area contributed by atoms with Crippen LogP contribution in [0.3, 0.4) is 0 Å². The second kappa shape index (κ2) is 8.43. The van der Waals surface area contributed by atoms with Crippen molar-refractivity contribution in [3.63, 3.8) is 0 Å². The lowest BCUT2D eigenvalue weighted by molar-refractivity contribution is -0.476. The molecular formula is C13H30N3+. The first-order valence-electron chi connectivity index (χ1n) is 6.51. The fraction of sp³-hybridized carbons (Fsp3) is 0.923. The molecule has 0 aliphatic carbocycles. The monoisotopic (exact) mass is 228 g/mol. The maximum absolute atomic E-state index is 2.51. The van der Waals surface area contributed by atoms with Crippen LogP contribution in [0.1, 0.15) is 39.5 Å². The molecule has 0 rings (SSSR count). The largest absolute Gasteiger partial charge is 0.349 e. The summed E-state index contributed by atoms with van der Waals surface area (Å²) in [5.74, 6) is 1.32. The van der Waals surface area contributed by atoms with E-state index in [1.165, 1.54) is 44.7 Å². The van der Waals surface area contributed by atoms with E-state index in [9.17, 15) is 0 Å². The molecule has 0 aromatic carbocycles. The first-order chi connectivity index (χ1) is 7.54. The van der Waals surface area contributed by atoms with Crippen LogP contribution < -0.4 is 0 Å². The van der Waals surface area contributed by atoms with Crippen LogP contribution in [0.5, 0.6) is 0 Å². The van der Waals surface area contributed by atoms with Gasteiger partial charge < -0.3 is 0 Å². The zero-order valence-electron chi connectivity index (χ0n) is 12.1. The summed E-state index contributed by atoms with van der Waals surface area (Å²) in [5, 5.41) is 0. The summed E-state index contributed by atoms with van der Waals surface area (Å²) in [6, 6.07) is 0. The van der Waals surface area contributed by atoms with Gasteiger partial charge in [-0.1, -0.05) is 26.7 Å². The van der Waals surface area contributed by atoms with E-state index in [0.717, 1.165) is 0 Å². The van der Waals surface area contributed by atoms with Gasteiger partial charge in [-0.05, 0) is 12.8 Å². The van der Waals surface area contributed by atoms with Crippen molar-refractivity contribution < 1.29 is 4.58 Å². The topological polar surface area (TPSA) is 9.49 Å². The smallest absolute Gasteiger partial charge is 0.270 e. The minimum atomic E-state index is 1.17. The highest BCUT2D eigenvalue weighted by atomic mass is 15.4. The Hall–Kier alpha value is -0.730. The van der Waals surface area contributed by atoms with Gasteiger partial charge >= 0.3 is 5.96 Å². The molecule has 0 saturated heterocycles. The summed E-state index contributed by atoms with van der Waals surface area (Å²) < 4.78 is 2.21. The summed E-state index contributed by atoms with van der Waals surface area (Å²) >= 11 is 0. The van der Waals surface area contributed by atoms with E-state index < -0.39 is 0 Å².